The Morgan fingerprint density at radius 3 is 2.36 bits per heavy atom. The molecule has 7 nitrogen and oxygen atoms in total. The van der Waals surface area contributed by atoms with Crippen molar-refractivity contribution in [3.63, 3.8) is 0 Å². The van der Waals surface area contributed by atoms with E-state index in [2.05, 4.69) is 42.4 Å². The molecule has 0 aliphatic rings. The van der Waals surface area contributed by atoms with E-state index < -0.39 is 22.5 Å². The van der Waals surface area contributed by atoms with Crippen LogP contribution in [0.15, 0.2) is 91.7 Å². The molecule has 0 aromatic heterocycles. The van der Waals surface area contributed by atoms with Crippen molar-refractivity contribution in [3.8, 4) is 5.75 Å². The summed E-state index contributed by atoms with van der Waals surface area (Å²) in [5.41, 5.74) is 4.18. The number of methoxy groups -OCH3 is 1. The summed E-state index contributed by atoms with van der Waals surface area (Å²) in [6.45, 7) is 1.28. The summed E-state index contributed by atoms with van der Waals surface area (Å²) >= 11 is 6.70. The molecule has 0 aliphatic heterocycles. The molecule has 3 aromatic carbocycles. The molecule has 0 unspecified atom stereocenters. The van der Waals surface area contributed by atoms with Crippen LogP contribution in [0.2, 0.25) is 0 Å². The Balaban J connectivity index is 1.92. The fourth-order valence-corrected chi connectivity index (χ4v) is 5.49. The molecule has 172 valence electrons. The SMILES string of the molecule is COc1ccc(Br)cc1S(=O)(=O)N(CC(=O)N/N=C(/C)c1cccc(Br)c1)c1ccccc1. The average Bonchev–Trinajstić information content (AvgIpc) is 2.81. The third kappa shape index (κ3) is 6.21. The minimum Gasteiger partial charge on any atom is -0.495 e. The standard InChI is InChI=1S/C23H21Br2N3O4S/c1-16(17-7-6-8-18(24)13-17)26-27-23(29)15-28(20-9-4-3-5-10-20)33(30,31)22-14-19(25)11-12-21(22)32-2/h3-14H,15H2,1-2H3,(H,27,29)/b26-16-. The maximum Gasteiger partial charge on any atom is 0.268 e. The van der Waals surface area contributed by atoms with Gasteiger partial charge >= 0.3 is 0 Å². The van der Waals surface area contributed by atoms with Gasteiger partial charge in [0.15, 0.2) is 0 Å². The molecule has 0 atom stereocenters. The molecular formula is C23H21Br2N3O4S. The summed E-state index contributed by atoms with van der Waals surface area (Å²) in [6.07, 6.45) is 0. The number of rotatable bonds is 8. The highest BCUT2D eigenvalue weighted by Crippen LogP contribution is 2.32. The van der Waals surface area contributed by atoms with Gasteiger partial charge in [0.05, 0.1) is 18.5 Å². The predicted octanol–water partition coefficient (Wildman–Crippen LogP) is 4.96. The van der Waals surface area contributed by atoms with Gasteiger partial charge in [-0.15, -0.1) is 0 Å². The zero-order valence-corrected chi connectivity index (χ0v) is 21.8. The zero-order valence-electron chi connectivity index (χ0n) is 17.8. The van der Waals surface area contributed by atoms with Gasteiger partial charge in [-0.1, -0.05) is 62.2 Å². The minimum absolute atomic E-state index is 0.0650. The third-order valence-corrected chi connectivity index (χ3v) is 7.40. The first-order chi connectivity index (χ1) is 15.7. The topological polar surface area (TPSA) is 88.1 Å². The van der Waals surface area contributed by atoms with E-state index in [1.165, 1.54) is 13.2 Å². The minimum atomic E-state index is -4.15. The van der Waals surface area contributed by atoms with Crippen LogP contribution in [-0.2, 0) is 14.8 Å². The Kier molecular flexibility index (Phi) is 8.28. The summed E-state index contributed by atoms with van der Waals surface area (Å²) in [5.74, 6) is -0.422. The number of carbonyl (C=O) groups is 1. The number of halogens is 2. The number of nitrogens with one attached hydrogen (secondary N) is 1. The van der Waals surface area contributed by atoms with Crippen molar-refractivity contribution in [3.05, 3.63) is 87.3 Å². The van der Waals surface area contributed by atoms with Crippen molar-refractivity contribution >= 4 is 59.2 Å². The van der Waals surface area contributed by atoms with E-state index in [4.69, 9.17) is 4.74 Å². The van der Waals surface area contributed by atoms with Crippen LogP contribution in [0.5, 0.6) is 5.75 Å². The lowest BCUT2D eigenvalue weighted by atomic mass is 10.1. The third-order valence-electron chi connectivity index (χ3n) is 4.62. The number of amides is 1. The van der Waals surface area contributed by atoms with Gasteiger partial charge in [-0.2, -0.15) is 5.10 Å². The highest BCUT2D eigenvalue weighted by molar-refractivity contribution is 9.10. The Morgan fingerprint density at radius 1 is 1.00 bits per heavy atom. The van der Waals surface area contributed by atoms with Gasteiger partial charge in [-0.05, 0) is 55.0 Å². The van der Waals surface area contributed by atoms with Crippen molar-refractivity contribution in [2.45, 2.75) is 11.8 Å². The van der Waals surface area contributed by atoms with Crippen LogP contribution in [0.25, 0.3) is 0 Å². The molecule has 0 saturated carbocycles. The summed E-state index contributed by atoms with van der Waals surface area (Å²) < 4.78 is 34.9. The molecular weight excluding hydrogens is 574 g/mol. The van der Waals surface area contributed by atoms with E-state index in [9.17, 15) is 13.2 Å². The molecule has 0 heterocycles. The van der Waals surface area contributed by atoms with E-state index in [1.54, 1.807) is 49.4 Å². The lowest BCUT2D eigenvalue weighted by Crippen LogP contribution is -2.40. The lowest BCUT2D eigenvalue weighted by molar-refractivity contribution is -0.119. The highest BCUT2D eigenvalue weighted by atomic mass is 79.9. The van der Waals surface area contributed by atoms with Gasteiger partial charge in [0.25, 0.3) is 15.9 Å². The largest absolute Gasteiger partial charge is 0.495 e. The Bertz CT molecular complexity index is 1280. The number of nitrogens with zero attached hydrogens (tertiary/aromatic N) is 2. The number of sulfonamides is 1. The normalized spacial score (nSPS) is 11.7. The monoisotopic (exact) mass is 593 g/mol. The van der Waals surface area contributed by atoms with Crippen LogP contribution >= 0.6 is 31.9 Å². The fraction of sp³-hybridized carbons (Fsp3) is 0.130. The summed E-state index contributed by atoms with van der Waals surface area (Å²) in [7, 11) is -2.76. The van der Waals surface area contributed by atoms with Crippen molar-refractivity contribution in [2.24, 2.45) is 5.10 Å². The molecule has 0 spiro atoms. The van der Waals surface area contributed by atoms with E-state index in [0.717, 1.165) is 14.3 Å². The summed E-state index contributed by atoms with van der Waals surface area (Å²) in [4.78, 5) is 12.7. The van der Waals surface area contributed by atoms with Crippen LogP contribution < -0.4 is 14.5 Å². The van der Waals surface area contributed by atoms with E-state index in [1.807, 2.05) is 24.3 Å². The molecule has 1 N–H and O–H groups in total. The second-order valence-electron chi connectivity index (χ2n) is 6.88. The van der Waals surface area contributed by atoms with Crippen molar-refractivity contribution in [2.75, 3.05) is 18.0 Å². The van der Waals surface area contributed by atoms with Crippen LogP contribution in [0, 0.1) is 0 Å². The van der Waals surface area contributed by atoms with Gasteiger partial charge in [-0.3, -0.25) is 9.10 Å². The fourth-order valence-electron chi connectivity index (χ4n) is 2.97. The zero-order chi connectivity index (χ0) is 24.0. The first kappa shape index (κ1) is 24.9. The number of para-hydroxylation sites is 1. The lowest BCUT2D eigenvalue weighted by Gasteiger charge is -2.24. The molecule has 33 heavy (non-hydrogen) atoms. The average molecular weight is 595 g/mol. The first-order valence-corrected chi connectivity index (χ1v) is 12.8. The first-order valence-electron chi connectivity index (χ1n) is 9.73. The Morgan fingerprint density at radius 2 is 1.70 bits per heavy atom. The molecule has 0 radical (unpaired) electrons. The molecule has 10 heteroatoms. The molecule has 0 saturated heterocycles. The number of hydrogen-bond acceptors (Lipinski definition) is 5. The smallest absolute Gasteiger partial charge is 0.268 e. The van der Waals surface area contributed by atoms with Crippen LogP contribution in [0.3, 0.4) is 0 Å². The maximum atomic E-state index is 13.6. The number of anilines is 1. The van der Waals surface area contributed by atoms with Crippen molar-refractivity contribution in [1.29, 1.82) is 0 Å². The van der Waals surface area contributed by atoms with Crippen LogP contribution in [-0.4, -0.2) is 33.7 Å². The Hall–Kier alpha value is -2.69. The molecule has 0 aliphatic carbocycles. The number of ether oxygens (including phenoxy) is 1. The van der Waals surface area contributed by atoms with Gasteiger partial charge < -0.3 is 4.74 Å². The summed E-state index contributed by atoms with van der Waals surface area (Å²) in [6, 6.07) is 20.5. The second-order valence-corrected chi connectivity index (χ2v) is 10.5. The van der Waals surface area contributed by atoms with Gasteiger partial charge in [0.1, 0.15) is 17.2 Å². The number of hydrazone groups is 1. The molecule has 3 aromatic rings. The van der Waals surface area contributed by atoms with E-state index >= 15 is 0 Å². The molecule has 1 amide bonds. The van der Waals surface area contributed by atoms with Crippen molar-refractivity contribution in [1.82, 2.24) is 5.43 Å². The molecule has 3 rings (SSSR count). The highest BCUT2D eigenvalue weighted by Gasteiger charge is 2.30. The number of carbonyl (C=O) groups excluding carboxylic acids is 1. The number of hydrogen-bond donors (Lipinski definition) is 1. The number of benzene rings is 3. The van der Waals surface area contributed by atoms with E-state index in [0.29, 0.717) is 15.9 Å². The second kappa shape index (κ2) is 11.0. The molecule has 0 fully saturated rings. The quantitative estimate of drug-likeness (QED) is 0.295. The molecule has 0 bridgehead atoms. The van der Waals surface area contributed by atoms with Gasteiger partial charge in [-0.25, -0.2) is 13.8 Å². The Labute approximate surface area is 209 Å². The van der Waals surface area contributed by atoms with E-state index in [-0.39, 0.29) is 10.6 Å². The van der Waals surface area contributed by atoms with Crippen LogP contribution in [0.4, 0.5) is 5.69 Å². The summed E-state index contributed by atoms with van der Waals surface area (Å²) in [5, 5.41) is 4.13. The predicted molar refractivity (Wildman–Crippen MR) is 136 cm³/mol. The maximum absolute atomic E-state index is 13.6. The van der Waals surface area contributed by atoms with Gasteiger partial charge in [0, 0.05) is 8.95 Å². The van der Waals surface area contributed by atoms with Gasteiger partial charge in [0.2, 0.25) is 0 Å². The van der Waals surface area contributed by atoms with Crippen molar-refractivity contribution < 1.29 is 17.9 Å². The van der Waals surface area contributed by atoms with Crippen LogP contribution in [0.1, 0.15) is 12.5 Å².